The summed E-state index contributed by atoms with van der Waals surface area (Å²) < 4.78 is 0. The molecule has 1 aliphatic rings. The topological polar surface area (TPSA) is 15.3 Å². The second-order valence-corrected chi connectivity index (χ2v) is 6.61. The van der Waals surface area contributed by atoms with Crippen LogP contribution in [0.15, 0.2) is 18.2 Å². The van der Waals surface area contributed by atoms with E-state index in [9.17, 15) is 0 Å². The van der Waals surface area contributed by atoms with Gasteiger partial charge in [0, 0.05) is 29.8 Å². The van der Waals surface area contributed by atoms with E-state index in [1.165, 1.54) is 50.0 Å². The molecule has 3 heteroatoms. The Bertz CT molecular complexity index is 439. The summed E-state index contributed by atoms with van der Waals surface area (Å²) in [7, 11) is 0. The van der Waals surface area contributed by atoms with Crippen molar-refractivity contribution in [3.05, 3.63) is 28.8 Å². The van der Waals surface area contributed by atoms with E-state index < -0.39 is 0 Å². The SMILES string of the molecule is CCCC1CCN(c2ccc(C(C)NCC)c(Cl)c2)CC1. The highest BCUT2D eigenvalue weighted by Gasteiger charge is 2.19. The summed E-state index contributed by atoms with van der Waals surface area (Å²) in [6, 6.07) is 6.87. The molecule has 2 rings (SSSR count). The third-order valence-corrected chi connectivity index (χ3v) is 4.96. The molecular formula is C18H29ClN2. The molecule has 1 aliphatic heterocycles. The normalized spacial score (nSPS) is 18.0. The summed E-state index contributed by atoms with van der Waals surface area (Å²) >= 11 is 6.49. The largest absolute Gasteiger partial charge is 0.371 e. The van der Waals surface area contributed by atoms with Crippen molar-refractivity contribution in [1.82, 2.24) is 5.32 Å². The molecule has 1 aromatic carbocycles. The van der Waals surface area contributed by atoms with Crippen LogP contribution in [-0.2, 0) is 0 Å². The van der Waals surface area contributed by atoms with E-state index in [0.717, 1.165) is 17.5 Å². The summed E-state index contributed by atoms with van der Waals surface area (Å²) in [5.41, 5.74) is 2.48. The fourth-order valence-corrected chi connectivity index (χ4v) is 3.71. The van der Waals surface area contributed by atoms with Crippen molar-refractivity contribution in [1.29, 1.82) is 0 Å². The van der Waals surface area contributed by atoms with Gasteiger partial charge in [-0.05, 0) is 49.9 Å². The predicted molar refractivity (Wildman–Crippen MR) is 93.4 cm³/mol. The van der Waals surface area contributed by atoms with Gasteiger partial charge in [-0.25, -0.2) is 0 Å². The van der Waals surface area contributed by atoms with Gasteiger partial charge < -0.3 is 10.2 Å². The number of halogens is 1. The zero-order chi connectivity index (χ0) is 15.2. The second-order valence-electron chi connectivity index (χ2n) is 6.20. The van der Waals surface area contributed by atoms with Crippen molar-refractivity contribution in [2.45, 2.75) is 52.5 Å². The van der Waals surface area contributed by atoms with Gasteiger partial charge in [0.2, 0.25) is 0 Å². The molecule has 0 aromatic heterocycles. The van der Waals surface area contributed by atoms with Crippen LogP contribution in [-0.4, -0.2) is 19.6 Å². The van der Waals surface area contributed by atoms with Crippen LogP contribution in [0.4, 0.5) is 5.69 Å². The van der Waals surface area contributed by atoms with E-state index in [1.807, 2.05) is 0 Å². The Morgan fingerprint density at radius 2 is 2.00 bits per heavy atom. The van der Waals surface area contributed by atoms with Gasteiger partial charge in [0.05, 0.1) is 0 Å². The van der Waals surface area contributed by atoms with Gasteiger partial charge >= 0.3 is 0 Å². The van der Waals surface area contributed by atoms with Gasteiger partial charge in [0.1, 0.15) is 0 Å². The highest BCUT2D eigenvalue weighted by Crippen LogP contribution is 2.31. The van der Waals surface area contributed by atoms with Gasteiger partial charge in [-0.2, -0.15) is 0 Å². The number of hydrogen-bond acceptors (Lipinski definition) is 2. The Balaban J connectivity index is 2.00. The molecule has 2 nitrogen and oxygen atoms in total. The summed E-state index contributed by atoms with van der Waals surface area (Å²) in [6.45, 7) is 9.88. The minimum Gasteiger partial charge on any atom is -0.371 e. The molecule has 1 saturated heterocycles. The lowest BCUT2D eigenvalue weighted by molar-refractivity contribution is 0.378. The predicted octanol–water partition coefficient (Wildman–Crippen LogP) is 5.03. The zero-order valence-corrected chi connectivity index (χ0v) is 14.4. The van der Waals surface area contributed by atoms with Crippen LogP contribution in [0.1, 0.15) is 58.1 Å². The van der Waals surface area contributed by atoms with E-state index in [2.05, 4.69) is 49.2 Å². The lowest BCUT2D eigenvalue weighted by Gasteiger charge is -2.34. The van der Waals surface area contributed by atoms with Gasteiger partial charge in [0.15, 0.2) is 0 Å². The number of benzene rings is 1. The third-order valence-electron chi connectivity index (χ3n) is 4.64. The zero-order valence-electron chi connectivity index (χ0n) is 13.7. The van der Waals surface area contributed by atoms with Gasteiger partial charge in [0.25, 0.3) is 0 Å². The molecule has 1 unspecified atom stereocenters. The summed E-state index contributed by atoms with van der Waals surface area (Å²) in [5, 5.41) is 4.31. The van der Waals surface area contributed by atoms with Gasteiger partial charge in [-0.15, -0.1) is 0 Å². The Hall–Kier alpha value is -0.730. The number of nitrogens with one attached hydrogen (secondary N) is 1. The molecule has 21 heavy (non-hydrogen) atoms. The molecule has 0 bridgehead atoms. The Kier molecular flexibility index (Phi) is 6.38. The van der Waals surface area contributed by atoms with E-state index in [-0.39, 0.29) is 0 Å². The monoisotopic (exact) mass is 308 g/mol. The molecular weight excluding hydrogens is 280 g/mol. The molecule has 0 amide bonds. The first kappa shape index (κ1) is 16.6. The lowest BCUT2D eigenvalue weighted by atomic mass is 9.92. The van der Waals surface area contributed by atoms with Crippen molar-refractivity contribution in [3.8, 4) is 0 Å². The quantitative estimate of drug-likeness (QED) is 0.793. The number of nitrogens with zero attached hydrogens (tertiary/aromatic N) is 1. The standard InChI is InChI=1S/C18H29ClN2/c1-4-6-15-9-11-21(12-10-15)16-7-8-17(18(19)13-16)14(3)20-5-2/h7-8,13-15,20H,4-6,9-12H2,1-3H3. The van der Waals surface area contributed by atoms with E-state index in [0.29, 0.717) is 6.04 Å². The van der Waals surface area contributed by atoms with Crippen molar-refractivity contribution < 1.29 is 0 Å². The highest BCUT2D eigenvalue weighted by atomic mass is 35.5. The highest BCUT2D eigenvalue weighted by molar-refractivity contribution is 6.31. The smallest absolute Gasteiger partial charge is 0.0474 e. The van der Waals surface area contributed by atoms with Crippen LogP contribution < -0.4 is 10.2 Å². The van der Waals surface area contributed by atoms with E-state index in [4.69, 9.17) is 11.6 Å². The van der Waals surface area contributed by atoms with Crippen LogP contribution in [0.2, 0.25) is 5.02 Å². The second kappa shape index (κ2) is 8.05. The Labute approximate surface area is 134 Å². The van der Waals surface area contributed by atoms with Crippen LogP contribution in [0.25, 0.3) is 0 Å². The molecule has 118 valence electrons. The number of hydrogen-bond donors (Lipinski definition) is 1. The van der Waals surface area contributed by atoms with Crippen molar-refractivity contribution in [3.63, 3.8) is 0 Å². The minimum atomic E-state index is 0.312. The summed E-state index contributed by atoms with van der Waals surface area (Å²) in [5.74, 6) is 0.926. The lowest BCUT2D eigenvalue weighted by Crippen LogP contribution is -2.33. The number of rotatable bonds is 6. The van der Waals surface area contributed by atoms with Crippen LogP contribution >= 0.6 is 11.6 Å². The molecule has 0 saturated carbocycles. The third kappa shape index (κ3) is 4.37. The maximum atomic E-state index is 6.49. The summed E-state index contributed by atoms with van der Waals surface area (Å²) in [6.07, 6.45) is 5.34. The Morgan fingerprint density at radius 1 is 1.29 bits per heavy atom. The van der Waals surface area contributed by atoms with E-state index in [1.54, 1.807) is 0 Å². The van der Waals surface area contributed by atoms with Gasteiger partial charge in [-0.1, -0.05) is 44.4 Å². The molecule has 1 heterocycles. The summed E-state index contributed by atoms with van der Waals surface area (Å²) in [4.78, 5) is 2.49. The minimum absolute atomic E-state index is 0.312. The van der Waals surface area contributed by atoms with Gasteiger partial charge in [-0.3, -0.25) is 0 Å². The van der Waals surface area contributed by atoms with Crippen molar-refractivity contribution in [2.24, 2.45) is 5.92 Å². The molecule has 0 radical (unpaired) electrons. The fourth-order valence-electron chi connectivity index (χ4n) is 3.37. The Morgan fingerprint density at radius 3 is 2.57 bits per heavy atom. The molecule has 1 fully saturated rings. The average Bonchev–Trinajstić information content (AvgIpc) is 2.48. The van der Waals surface area contributed by atoms with Crippen LogP contribution in [0.3, 0.4) is 0 Å². The maximum Gasteiger partial charge on any atom is 0.0474 e. The first-order valence-corrected chi connectivity index (χ1v) is 8.81. The number of piperidine rings is 1. The van der Waals surface area contributed by atoms with Crippen molar-refractivity contribution >= 4 is 17.3 Å². The maximum absolute atomic E-state index is 6.49. The van der Waals surface area contributed by atoms with E-state index >= 15 is 0 Å². The molecule has 0 spiro atoms. The van der Waals surface area contributed by atoms with Crippen molar-refractivity contribution in [2.75, 3.05) is 24.5 Å². The number of anilines is 1. The first-order valence-electron chi connectivity index (χ1n) is 8.43. The molecule has 0 aliphatic carbocycles. The average molecular weight is 309 g/mol. The van der Waals surface area contributed by atoms with Crippen LogP contribution in [0, 0.1) is 5.92 Å². The first-order chi connectivity index (χ1) is 10.2. The van der Waals surface area contributed by atoms with Crippen LogP contribution in [0.5, 0.6) is 0 Å². The molecule has 1 aromatic rings. The fraction of sp³-hybridized carbons (Fsp3) is 0.667. The molecule has 1 atom stereocenters. The molecule has 1 N–H and O–H groups in total.